The van der Waals surface area contributed by atoms with Crippen molar-refractivity contribution in [3.63, 3.8) is 0 Å². The fraction of sp³-hybridized carbons (Fsp3) is 0.333. The molecule has 2 rings (SSSR count). The smallest absolute Gasteiger partial charge is 0.249 e. The molecule has 0 aromatic carbocycles. The molecule has 0 aliphatic carbocycles. The van der Waals surface area contributed by atoms with Crippen molar-refractivity contribution in [3.05, 3.63) is 23.4 Å². The zero-order valence-electron chi connectivity index (χ0n) is 7.12. The fourth-order valence-electron chi connectivity index (χ4n) is 1.49. The molecule has 0 radical (unpaired) electrons. The van der Waals surface area contributed by atoms with Crippen LogP contribution in [0.4, 0.5) is 0 Å². The Labute approximate surface area is 75.7 Å². The Bertz CT molecular complexity index is 349. The van der Waals surface area contributed by atoms with Crippen LogP contribution in [-0.2, 0) is 6.42 Å². The first-order valence-electron chi connectivity index (χ1n) is 4.19. The van der Waals surface area contributed by atoms with Crippen molar-refractivity contribution in [3.8, 4) is 5.88 Å². The van der Waals surface area contributed by atoms with Gasteiger partial charge in [-0.2, -0.15) is 0 Å². The minimum Gasteiger partial charge on any atom is -0.477 e. The standard InChI is InChI=1S/C9H10N2O2/c10-8(12)6-3-4-11-9-7(6)2-1-5-13-9/h3-4H,1-2,5H2,(H2,10,12). The highest BCUT2D eigenvalue weighted by atomic mass is 16.5. The number of primary amides is 1. The Kier molecular flexibility index (Phi) is 1.88. The molecule has 0 unspecified atom stereocenters. The Morgan fingerprint density at radius 3 is 3.23 bits per heavy atom. The predicted octanol–water partition coefficient (Wildman–Crippen LogP) is 0.505. The zero-order chi connectivity index (χ0) is 9.26. The molecular formula is C9H10N2O2. The Morgan fingerprint density at radius 2 is 2.46 bits per heavy atom. The van der Waals surface area contributed by atoms with Gasteiger partial charge >= 0.3 is 0 Å². The van der Waals surface area contributed by atoms with Gasteiger partial charge in [0.2, 0.25) is 11.8 Å². The summed E-state index contributed by atoms with van der Waals surface area (Å²) >= 11 is 0. The average molecular weight is 178 g/mol. The van der Waals surface area contributed by atoms with E-state index in [9.17, 15) is 4.79 Å². The first-order chi connectivity index (χ1) is 6.29. The summed E-state index contributed by atoms with van der Waals surface area (Å²) in [4.78, 5) is 15.0. The number of hydrogen-bond acceptors (Lipinski definition) is 3. The van der Waals surface area contributed by atoms with Crippen LogP contribution in [-0.4, -0.2) is 17.5 Å². The maximum atomic E-state index is 11.0. The molecule has 0 fully saturated rings. The zero-order valence-corrected chi connectivity index (χ0v) is 7.12. The quantitative estimate of drug-likeness (QED) is 0.681. The molecule has 0 bridgehead atoms. The normalized spacial score (nSPS) is 14.5. The molecule has 1 aromatic rings. The van der Waals surface area contributed by atoms with Gasteiger partial charge in [-0.15, -0.1) is 0 Å². The topological polar surface area (TPSA) is 65.2 Å². The summed E-state index contributed by atoms with van der Waals surface area (Å²) in [5.41, 5.74) is 6.60. The van der Waals surface area contributed by atoms with E-state index in [-0.39, 0.29) is 0 Å². The van der Waals surface area contributed by atoms with E-state index in [4.69, 9.17) is 10.5 Å². The Morgan fingerprint density at radius 1 is 1.62 bits per heavy atom. The van der Waals surface area contributed by atoms with Crippen LogP contribution in [0.2, 0.25) is 0 Å². The van der Waals surface area contributed by atoms with E-state index in [1.165, 1.54) is 0 Å². The SMILES string of the molecule is NC(=O)c1ccnc2c1CCCO2. The van der Waals surface area contributed by atoms with Crippen molar-refractivity contribution in [2.45, 2.75) is 12.8 Å². The number of aromatic nitrogens is 1. The molecule has 4 heteroatoms. The van der Waals surface area contributed by atoms with Gasteiger partial charge in [-0.3, -0.25) is 4.79 Å². The highest BCUT2D eigenvalue weighted by Crippen LogP contribution is 2.24. The van der Waals surface area contributed by atoms with Gasteiger partial charge in [-0.25, -0.2) is 4.98 Å². The van der Waals surface area contributed by atoms with Crippen LogP contribution < -0.4 is 10.5 Å². The monoisotopic (exact) mass is 178 g/mol. The van der Waals surface area contributed by atoms with Gasteiger partial charge in [0.15, 0.2) is 0 Å². The summed E-state index contributed by atoms with van der Waals surface area (Å²) in [5.74, 6) is 0.145. The Balaban J connectivity index is 2.52. The molecule has 4 nitrogen and oxygen atoms in total. The highest BCUT2D eigenvalue weighted by Gasteiger charge is 2.17. The van der Waals surface area contributed by atoms with Crippen LogP contribution in [0.5, 0.6) is 5.88 Å². The van der Waals surface area contributed by atoms with Gasteiger partial charge in [-0.1, -0.05) is 0 Å². The lowest BCUT2D eigenvalue weighted by atomic mass is 10.0. The molecule has 0 saturated heterocycles. The number of hydrogen-bond donors (Lipinski definition) is 1. The summed E-state index contributed by atoms with van der Waals surface area (Å²) in [6, 6.07) is 1.63. The van der Waals surface area contributed by atoms with Gasteiger partial charge in [0.05, 0.1) is 6.61 Å². The van der Waals surface area contributed by atoms with Gasteiger partial charge in [0, 0.05) is 17.3 Å². The fourth-order valence-corrected chi connectivity index (χ4v) is 1.49. The van der Waals surface area contributed by atoms with E-state index >= 15 is 0 Å². The summed E-state index contributed by atoms with van der Waals surface area (Å²) in [6.07, 6.45) is 3.28. The number of rotatable bonds is 1. The van der Waals surface area contributed by atoms with E-state index in [0.29, 0.717) is 18.1 Å². The molecule has 1 amide bonds. The van der Waals surface area contributed by atoms with E-state index < -0.39 is 5.91 Å². The van der Waals surface area contributed by atoms with Crippen LogP contribution >= 0.6 is 0 Å². The van der Waals surface area contributed by atoms with E-state index in [1.54, 1.807) is 12.3 Å². The number of fused-ring (bicyclic) bond motifs is 1. The molecule has 2 heterocycles. The lowest BCUT2D eigenvalue weighted by molar-refractivity contribution is 0.0997. The lowest BCUT2D eigenvalue weighted by Crippen LogP contribution is -2.18. The van der Waals surface area contributed by atoms with Crippen molar-refractivity contribution in [2.24, 2.45) is 5.73 Å². The first-order valence-corrected chi connectivity index (χ1v) is 4.19. The maximum Gasteiger partial charge on any atom is 0.249 e. The second-order valence-electron chi connectivity index (χ2n) is 2.96. The third kappa shape index (κ3) is 1.35. The molecule has 1 aliphatic rings. The molecular weight excluding hydrogens is 168 g/mol. The maximum absolute atomic E-state index is 11.0. The van der Waals surface area contributed by atoms with E-state index in [1.807, 2.05) is 0 Å². The first kappa shape index (κ1) is 8.04. The summed E-state index contributed by atoms with van der Waals surface area (Å²) in [5, 5.41) is 0. The lowest BCUT2D eigenvalue weighted by Gasteiger charge is -2.17. The summed E-state index contributed by atoms with van der Waals surface area (Å²) in [6.45, 7) is 0.669. The number of pyridine rings is 1. The van der Waals surface area contributed by atoms with Crippen molar-refractivity contribution in [1.29, 1.82) is 0 Å². The number of carbonyl (C=O) groups excluding carboxylic acids is 1. The number of amides is 1. The second kappa shape index (κ2) is 3.05. The minimum absolute atomic E-state index is 0.413. The van der Waals surface area contributed by atoms with Crippen molar-refractivity contribution < 1.29 is 9.53 Å². The van der Waals surface area contributed by atoms with E-state index in [0.717, 1.165) is 18.4 Å². The largest absolute Gasteiger partial charge is 0.477 e. The van der Waals surface area contributed by atoms with Crippen molar-refractivity contribution in [2.75, 3.05) is 6.61 Å². The highest BCUT2D eigenvalue weighted by molar-refractivity contribution is 5.94. The number of nitrogens with zero attached hydrogens (tertiary/aromatic N) is 1. The van der Waals surface area contributed by atoms with Crippen molar-refractivity contribution >= 4 is 5.91 Å². The third-order valence-electron chi connectivity index (χ3n) is 2.09. The molecule has 68 valence electrons. The molecule has 0 spiro atoms. The van der Waals surface area contributed by atoms with Gasteiger partial charge < -0.3 is 10.5 Å². The molecule has 13 heavy (non-hydrogen) atoms. The molecule has 2 N–H and O–H groups in total. The van der Waals surface area contributed by atoms with Crippen LogP contribution in [0.1, 0.15) is 22.3 Å². The average Bonchev–Trinajstić information content (AvgIpc) is 2.17. The van der Waals surface area contributed by atoms with Gasteiger partial charge in [0.1, 0.15) is 0 Å². The molecule has 1 aliphatic heterocycles. The molecule has 1 aromatic heterocycles. The van der Waals surface area contributed by atoms with Crippen LogP contribution in [0.25, 0.3) is 0 Å². The summed E-state index contributed by atoms with van der Waals surface area (Å²) < 4.78 is 5.30. The van der Waals surface area contributed by atoms with Crippen LogP contribution in [0.3, 0.4) is 0 Å². The third-order valence-corrected chi connectivity index (χ3v) is 2.09. The van der Waals surface area contributed by atoms with Crippen LogP contribution in [0, 0.1) is 0 Å². The number of nitrogens with two attached hydrogens (primary N) is 1. The van der Waals surface area contributed by atoms with Crippen molar-refractivity contribution in [1.82, 2.24) is 4.98 Å². The van der Waals surface area contributed by atoms with Gasteiger partial charge in [-0.05, 0) is 18.9 Å². The number of carbonyl (C=O) groups is 1. The molecule has 0 atom stereocenters. The number of ether oxygens (including phenoxy) is 1. The van der Waals surface area contributed by atoms with Gasteiger partial charge in [0.25, 0.3) is 0 Å². The summed E-state index contributed by atoms with van der Waals surface area (Å²) in [7, 11) is 0. The van der Waals surface area contributed by atoms with Crippen LogP contribution in [0.15, 0.2) is 12.3 Å². The van der Waals surface area contributed by atoms with E-state index in [2.05, 4.69) is 4.98 Å². The predicted molar refractivity (Wildman–Crippen MR) is 46.6 cm³/mol. The second-order valence-corrected chi connectivity index (χ2v) is 2.96. The minimum atomic E-state index is -0.413. The Hall–Kier alpha value is -1.58. The molecule has 0 saturated carbocycles.